The Labute approximate surface area is 152 Å². The van der Waals surface area contributed by atoms with Crippen molar-refractivity contribution in [1.29, 1.82) is 0 Å². The Balaban J connectivity index is 1.68. The summed E-state index contributed by atoms with van der Waals surface area (Å²) in [5.74, 6) is 1.22. The third-order valence-corrected chi connectivity index (χ3v) is 6.03. The summed E-state index contributed by atoms with van der Waals surface area (Å²) in [6.45, 7) is 8.46. The summed E-state index contributed by atoms with van der Waals surface area (Å²) < 4.78 is 5.08. The highest BCUT2D eigenvalue weighted by atomic mass is 32.1. The molecule has 1 N–H and O–H groups in total. The number of amides is 1. The molecule has 0 spiro atoms. The van der Waals surface area contributed by atoms with Crippen molar-refractivity contribution in [2.45, 2.75) is 39.7 Å². The highest BCUT2D eigenvalue weighted by Gasteiger charge is 2.27. The quantitative estimate of drug-likeness (QED) is 0.886. The summed E-state index contributed by atoms with van der Waals surface area (Å²) >= 11 is 1.72. The standard InChI is InChI=1S/C18H26N4O2S/c1-11(9-24-4)21-17(23)14-5-7-22(8-6-14)16-15-12(2)13(3)25-18(15)20-10-19-16/h10-11,14H,5-9H2,1-4H3,(H,21,23). The molecule has 6 nitrogen and oxygen atoms in total. The van der Waals surface area contributed by atoms with Gasteiger partial charge in [-0.15, -0.1) is 11.3 Å². The summed E-state index contributed by atoms with van der Waals surface area (Å²) in [6.07, 6.45) is 3.34. The predicted molar refractivity (Wildman–Crippen MR) is 101 cm³/mol. The van der Waals surface area contributed by atoms with E-state index in [1.165, 1.54) is 15.8 Å². The fourth-order valence-corrected chi connectivity index (χ4v) is 4.40. The van der Waals surface area contributed by atoms with E-state index in [1.54, 1.807) is 24.8 Å². The van der Waals surface area contributed by atoms with Crippen molar-refractivity contribution in [1.82, 2.24) is 15.3 Å². The molecule has 136 valence electrons. The Morgan fingerprint density at radius 3 is 2.80 bits per heavy atom. The van der Waals surface area contributed by atoms with E-state index in [2.05, 4.69) is 34.0 Å². The van der Waals surface area contributed by atoms with Gasteiger partial charge in [-0.3, -0.25) is 4.79 Å². The lowest BCUT2D eigenvalue weighted by molar-refractivity contribution is -0.126. The zero-order valence-corrected chi connectivity index (χ0v) is 16.2. The third-order valence-electron chi connectivity index (χ3n) is 4.92. The molecule has 0 radical (unpaired) electrons. The van der Waals surface area contributed by atoms with E-state index in [9.17, 15) is 4.79 Å². The number of anilines is 1. The van der Waals surface area contributed by atoms with Crippen LogP contribution in [0.15, 0.2) is 6.33 Å². The summed E-state index contributed by atoms with van der Waals surface area (Å²) in [6, 6.07) is 0.0495. The molecule has 0 saturated carbocycles. The fraction of sp³-hybridized carbons (Fsp3) is 0.611. The number of aryl methyl sites for hydroxylation is 2. The number of hydrogen-bond acceptors (Lipinski definition) is 6. The Hall–Kier alpha value is -1.73. The van der Waals surface area contributed by atoms with Gasteiger partial charge in [-0.05, 0) is 39.2 Å². The van der Waals surface area contributed by atoms with Crippen LogP contribution in [0.3, 0.4) is 0 Å². The van der Waals surface area contributed by atoms with E-state index in [0.29, 0.717) is 6.61 Å². The number of carbonyl (C=O) groups excluding carboxylic acids is 1. The van der Waals surface area contributed by atoms with Crippen LogP contribution in [-0.4, -0.2) is 48.7 Å². The lowest BCUT2D eigenvalue weighted by Crippen LogP contribution is -2.44. The van der Waals surface area contributed by atoms with E-state index >= 15 is 0 Å². The Morgan fingerprint density at radius 2 is 2.12 bits per heavy atom. The maximum absolute atomic E-state index is 12.4. The van der Waals surface area contributed by atoms with Crippen LogP contribution in [0, 0.1) is 19.8 Å². The van der Waals surface area contributed by atoms with E-state index in [0.717, 1.165) is 36.6 Å². The molecule has 2 aromatic rings. The Bertz CT molecular complexity index is 753. The summed E-state index contributed by atoms with van der Waals surface area (Å²) in [5.41, 5.74) is 1.27. The predicted octanol–water partition coefficient (Wildman–Crippen LogP) is 2.68. The smallest absolute Gasteiger partial charge is 0.223 e. The zero-order chi connectivity index (χ0) is 18.0. The molecule has 1 unspecified atom stereocenters. The largest absolute Gasteiger partial charge is 0.383 e. The van der Waals surface area contributed by atoms with Crippen LogP contribution in [-0.2, 0) is 9.53 Å². The number of ether oxygens (including phenoxy) is 1. The molecule has 3 rings (SSSR count). The summed E-state index contributed by atoms with van der Waals surface area (Å²) in [4.78, 5) is 26.0. The van der Waals surface area contributed by atoms with Gasteiger partial charge in [0.15, 0.2) is 0 Å². The van der Waals surface area contributed by atoms with Crippen molar-refractivity contribution in [3.63, 3.8) is 0 Å². The van der Waals surface area contributed by atoms with Crippen molar-refractivity contribution in [3.8, 4) is 0 Å². The first kappa shape index (κ1) is 18.1. The number of methoxy groups -OCH3 is 1. The summed E-state index contributed by atoms with van der Waals surface area (Å²) in [7, 11) is 1.65. The molecule has 7 heteroatoms. The second-order valence-electron chi connectivity index (χ2n) is 6.79. The van der Waals surface area contributed by atoms with E-state index in [4.69, 9.17) is 4.74 Å². The van der Waals surface area contributed by atoms with E-state index in [-0.39, 0.29) is 17.9 Å². The molecule has 1 saturated heterocycles. The SMILES string of the molecule is COCC(C)NC(=O)C1CCN(c2ncnc3sc(C)c(C)c23)CC1. The molecule has 1 aliphatic heterocycles. The van der Waals surface area contributed by atoms with Crippen molar-refractivity contribution < 1.29 is 9.53 Å². The average Bonchev–Trinajstić information content (AvgIpc) is 2.90. The molecule has 0 bridgehead atoms. The highest BCUT2D eigenvalue weighted by Crippen LogP contribution is 2.35. The van der Waals surface area contributed by atoms with Gasteiger partial charge in [0.2, 0.25) is 5.91 Å². The van der Waals surface area contributed by atoms with Crippen molar-refractivity contribution in [2.75, 3.05) is 31.7 Å². The molecule has 1 fully saturated rings. The van der Waals surface area contributed by atoms with Gasteiger partial charge in [-0.25, -0.2) is 9.97 Å². The molecule has 25 heavy (non-hydrogen) atoms. The van der Waals surface area contributed by atoms with Crippen LogP contribution in [0.25, 0.3) is 10.2 Å². The molecule has 0 aliphatic carbocycles. The topological polar surface area (TPSA) is 67.3 Å². The first-order valence-electron chi connectivity index (χ1n) is 8.76. The highest BCUT2D eigenvalue weighted by molar-refractivity contribution is 7.18. The van der Waals surface area contributed by atoms with E-state index in [1.807, 2.05) is 6.92 Å². The maximum atomic E-state index is 12.4. The molecule has 3 heterocycles. The lowest BCUT2D eigenvalue weighted by atomic mass is 9.95. The number of rotatable bonds is 5. The van der Waals surface area contributed by atoms with Gasteiger partial charge in [0, 0.05) is 37.0 Å². The van der Waals surface area contributed by atoms with Crippen molar-refractivity contribution in [2.24, 2.45) is 5.92 Å². The average molecular weight is 362 g/mol. The van der Waals surface area contributed by atoms with Gasteiger partial charge < -0.3 is 15.0 Å². The monoisotopic (exact) mass is 362 g/mol. The normalized spacial score (nSPS) is 17.0. The van der Waals surface area contributed by atoms with Gasteiger partial charge in [-0.1, -0.05) is 0 Å². The van der Waals surface area contributed by atoms with Crippen LogP contribution in [0.2, 0.25) is 0 Å². The fourth-order valence-electron chi connectivity index (χ4n) is 3.41. The molecule has 1 amide bonds. The molecule has 1 atom stereocenters. The number of aromatic nitrogens is 2. The number of nitrogens with zero attached hydrogens (tertiary/aromatic N) is 3. The van der Waals surface area contributed by atoms with Gasteiger partial charge >= 0.3 is 0 Å². The minimum Gasteiger partial charge on any atom is -0.383 e. The Kier molecular flexibility index (Phi) is 5.54. The van der Waals surface area contributed by atoms with Crippen LogP contribution in [0.5, 0.6) is 0 Å². The Morgan fingerprint density at radius 1 is 1.40 bits per heavy atom. The summed E-state index contributed by atoms with van der Waals surface area (Å²) in [5, 5.41) is 4.21. The number of piperidine rings is 1. The lowest BCUT2D eigenvalue weighted by Gasteiger charge is -2.33. The van der Waals surface area contributed by atoms with Crippen LogP contribution in [0.4, 0.5) is 5.82 Å². The van der Waals surface area contributed by atoms with Gasteiger partial charge in [0.1, 0.15) is 17.0 Å². The third kappa shape index (κ3) is 3.77. The molecule has 1 aliphatic rings. The molecular formula is C18H26N4O2S. The second kappa shape index (κ2) is 7.66. The van der Waals surface area contributed by atoms with Gasteiger partial charge in [0.05, 0.1) is 12.0 Å². The first-order chi connectivity index (χ1) is 12.0. The first-order valence-corrected chi connectivity index (χ1v) is 9.57. The zero-order valence-electron chi connectivity index (χ0n) is 15.3. The van der Waals surface area contributed by atoms with Crippen LogP contribution >= 0.6 is 11.3 Å². The number of carbonyl (C=O) groups is 1. The van der Waals surface area contributed by atoms with Crippen molar-refractivity contribution >= 4 is 33.3 Å². The van der Waals surface area contributed by atoms with Crippen molar-refractivity contribution in [3.05, 3.63) is 16.8 Å². The maximum Gasteiger partial charge on any atom is 0.223 e. The molecule has 2 aromatic heterocycles. The molecule has 0 aromatic carbocycles. The van der Waals surface area contributed by atoms with E-state index < -0.39 is 0 Å². The number of nitrogens with one attached hydrogen (secondary N) is 1. The number of hydrogen-bond donors (Lipinski definition) is 1. The molecular weight excluding hydrogens is 336 g/mol. The van der Waals surface area contributed by atoms with Crippen LogP contribution in [0.1, 0.15) is 30.2 Å². The number of fused-ring (bicyclic) bond motifs is 1. The number of thiophene rings is 1. The minimum absolute atomic E-state index is 0.0495. The van der Waals surface area contributed by atoms with Gasteiger partial charge in [-0.2, -0.15) is 0 Å². The second-order valence-corrected chi connectivity index (χ2v) is 7.99. The van der Waals surface area contributed by atoms with Gasteiger partial charge in [0.25, 0.3) is 0 Å². The minimum atomic E-state index is 0.0495. The van der Waals surface area contributed by atoms with Crippen LogP contribution < -0.4 is 10.2 Å².